The lowest BCUT2D eigenvalue weighted by Gasteiger charge is -2.32. The zero-order valence-electron chi connectivity index (χ0n) is 12.3. The standard InChI is InChI=1S/C16H25N3O/c1-2-17-12-13-7-10-18(11-8-13)16(20)15-4-3-9-19(15)14-5-6-14/h3-4,9,13-14,17H,2,5-8,10-12H2,1H3. The summed E-state index contributed by atoms with van der Waals surface area (Å²) in [4.78, 5) is 14.7. The van der Waals surface area contributed by atoms with E-state index in [1.807, 2.05) is 17.0 Å². The van der Waals surface area contributed by atoms with Gasteiger partial charge in [0, 0.05) is 25.3 Å². The third-order valence-electron chi connectivity index (χ3n) is 4.52. The third kappa shape index (κ3) is 2.90. The lowest BCUT2D eigenvalue weighted by molar-refractivity contribution is 0.0679. The molecule has 2 fully saturated rings. The van der Waals surface area contributed by atoms with E-state index in [-0.39, 0.29) is 5.91 Å². The van der Waals surface area contributed by atoms with E-state index in [1.54, 1.807) is 0 Å². The molecule has 4 nitrogen and oxygen atoms in total. The summed E-state index contributed by atoms with van der Waals surface area (Å²) in [5.41, 5.74) is 0.887. The van der Waals surface area contributed by atoms with Gasteiger partial charge in [0.05, 0.1) is 0 Å². The molecule has 1 saturated carbocycles. The Labute approximate surface area is 121 Å². The summed E-state index contributed by atoms with van der Waals surface area (Å²) in [6.45, 7) is 6.09. The fourth-order valence-corrected chi connectivity index (χ4v) is 3.10. The normalized spacial score (nSPS) is 20.4. The molecule has 0 spiro atoms. The molecule has 1 aliphatic carbocycles. The Morgan fingerprint density at radius 2 is 2.05 bits per heavy atom. The van der Waals surface area contributed by atoms with E-state index in [0.717, 1.165) is 50.6 Å². The maximum Gasteiger partial charge on any atom is 0.270 e. The molecular weight excluding hydrogens is 250 g/mol. The molecule has 4 heteroatoms. The maximum atomic E-state index is 12.6. The van der Waals surface area contributed by atoms with E-state index in [9.17, 15) is 4.79 Å². The summed E-state index contributed by atoms with van der Waals surface area (Å²) in [5.74, 6) is 0.956. The first-order chi connectivity index (χ1) is 9.79. The quantitative estimate of drug-likeness (QED) is 0.895. The smallest absolute Gasteiger partial charge is 0.270 e. The van der Waals surface area contributed by atoms with E-state index in [1.165, 1.54) is 12.8 Å². The predicted octanol–water partition coefficient (Wildman–Crippen LogP) is 2.28. The zero-order valence-corrected chi connectivity index (χ0v) is 12.3. The van der Waals surface area contributed by atoms with Crippen LogP contribution in [0, 0.1) is 5.92 Å². The van der Waals surface area contributed by atoms with Gasteiger partial charge in [-0.3, -0.25) is 4.79 Å². The van der Waals surface area contributed by atoms with Crippen molar-refractivity contribution >= 4 is 5.91 Å². The summed E-state index contributed by atoms with van der Waals surface area (Å²) < 4.78 is 2.17. The molecule has 1 N–H and O–H groups in total. The predicted molar refractivity (Wildman–Crippen MR) is 79.9 cm³/mol. The van der Waals surface area contributed by atoms with E-state index < -0.39 is 0 Å². The van der Waals surface area contributed by atoms with Gasteiger partial charge < -0.3 is 14.8 Å². The molecule has 1 amide bonds. The van der Waals surface area contributed by atoms with Crippen LogP contribution in [-0.2, 0) is 0 Å². The van der Waals surface area contributed by atoms with Crippen LogP contribution in [0.4, 0.5) is 0 Å². The Bertz CT molecular complexity index is 456. The number of amides is 1. The number of piperidine rings is 1. The number of hydrogen-bond donors (Lipinski definition) is 1. The van der Waals surface area contributed by atoms with Crippen molar-refractivity contribution in [3.05, 3.63) is 24.0 Å². The second-order valence-corrected chi connectivity index (χ2v) is 6.08. The van der Waals surface area contributed by atoms with E-state index >= 15 is 0 Å². The van der Waals surface area contributed by atoms with Crippen molar-refractivity contribution < 1.29 is 4.79 Å². The van der Waals surface area contributed by atoms with E-state index in [0.29, 0.717) is 6.04 Å². The largest absolute Gasteiger partial charge is 0.340 e. The summed E-state index contributed by atoms with van der Waals surface area (Å²) in [6, 6.07) is 4.56. The Balaban J connectivity index is 1.57. The number of aromatic nitrogens is 1. The Morgan fingerprint density at radius 1 is 1.30 bits per heavy atom. The fourth-order valence-electron chi connectivity index (χ4n) is 3.10. The number of rotatable bonds is 5. The first kappa shape index (κ1) is 13.7. The zero-order chi connectivity index (χ0) is 13.9. The maximum absolute atomic E-state index is 12.6. The van der Waals surface area contributed by atoms with Gasteiger partial charge in [0.1, 0.15) is 5.69 Å². The Morgan fingerprint density at radius 3 is 2.70 bits per heavy atom. The van der Waals surface area contributed by atoms with Crippen LogP contribution in [0.5, 0.6) is 0 Å². The number of carbonyl (C=O) groups is 1. The van der Waals surface area contributed by atoms with Crippen molar-refractivity contribution in [3.8, 4) is 0 Å². The molecule has 0 aromatic carbocycles. The average Bonchev–Trinajstić information content (AvgIpc) is 3.22. The molecule has 1 aromatic rings. The molecule has 0 unspecified atom stereocenters. The van der Waals surface area contributed by atoms with Crippen LogP contribution in [0.25, 0.3) is 0 Å². The van der Waals surface area contributed by atoms with Crippen LogP contribution in [0.2, 0.25) is 0 Å². The van der Waals surface area contributed by atoms with Gasteiger partial charge in [0.25, 0.3) is 5.91 Å². The second-order valence-electron chi connectivity index (χ2n) is 6.08. The topological polar surface area (TPSA) is 37.3 Å². The molecule has 2 aliphatic rings. The molecule has 1 aromatic heterocycles. The monoisotopic (exact) mass is 275 g/mol. The van der Waals surface area contributed by atoms with Gasteiger partial charge in [-0.05, 0) is 56.8 Å². The van der Waals surface area contributed by atoms with Crippen molar-refractivity contribution in [2.24, 2.45) is 5.92 Å². The van der Waals surface area contributed by atoms with E-state index in [2.05, 4.69) is 23.0 Å². The van der Waals surface area contributed by atoms with Gasteiger partial charge >= 0.3 is 0 Å². The molecule has 3 rings (SSSR count). The van der Waals surface area contributed by atoms with Crippen LogP contribution in [0.1, 0.15) is 49.1 Å². The molecule has 0 atom stereocenters. The molecule has 1 aliphatic heterocycles. The van der Waals surface area contributed by atoms with Gasteiger partial charge in [0.15, 0.2) is 0 Å². The minimum absolute atomic E-state index is 0.226. The average molecular weight is 275 g/mol. The summed E-state index contributed by atoms with van der Waals surface area (Å²) in [5, 5.41) is 3.41. The Hall–Kier alpha value is -1.29. The second kappa shape index (κ2) is 6.00. The number of hydrogen-bond acceptors (Lipinski definition) is 2. The number of nitrogens with one attached hydrogen (secondary N) is 1. The third-order valence-corrected chi connectivity index (χ3v) is 4.52. The van der Waals surface area contributed by atoms with Gasteiger partial charge in [-0.15, -0.1) is 0 Å². The molecule has 1 saturated heterocycles. The van der Waals surface area contributed by atoms with Crippen LogP contribution >= 0.6 is 0 Å². The van der Waals surface area contributed by atoms with Crippen LogP contribution in [0.15, 0.2) is 18.3 Å². The lowest BCUT2D eigenvalue weighted by atomic mass is 9.96. The number of nitrogens with zero attached hydrogens (tertiary/aromatic N) is 2. The minimum Gasteiger partial charge on any atom is -0.340 e. The summed E-state index contributed by atoms with van der Waals surface area (Å²) in [7, 11) is 0. The highest BCUT2D eigenvalue weighted by Crippen LogP contribution is 2.36. The molecule has 0 bridgehead atoms. The van der Waals surface area contributed by atoms with Crippen LogP contribution in [-0.4, -0.2) is 41.6 Å². The highest BCUT2D eigenvalue weighted by molar-refractivity contribution is 5.93. The van der Waals surface area contributed by atoms with Crippen LogP contribution in [0.3, 0.4) is 0 Å². The van der Waals surface area contributed by atoms with E-state index in [4.69, 9.17) is 0 Å². The minimum atomic E-state index is 0.226. The van der Waals surface area contributed by atoms with Crippen molar-refractivity contribution in [1.82, 2.24) is 14.8 Å². The van der Waals surface area contributed by atoms with Gasteiger partial charge in [-0.25, -0.2) is 0 Å². The number of likely N-dealkylation sites (tertiary alicyclic amines) is 1. The first-order valence-electron chi connectivity index (χ1n) is 7.96. The number of carbonyl (C=O) groups excluding carboxylic acids is 1. The molecule has 20 heavy (non-hydrogen) atoms. The molecule has 0 radical (unpaired) electrons. The molecule has 110 valence electrons. The summed E-state index contributed by atoms with van der Waals surface area (Å²) >= 11 is 0. The SMILES string of the molecule is CCNCC1CCN(C(=O)c2cccn2C2CC2)CC1. The Kier molecular flexibility index (Phi) is 4.10. The van der Waals surface area contributed by atoms with Gasteiger partial charge in [-0.2, -0.15) is 0 Å². The van der Waals surface area contributed by atoms with Gasteiger partial charge in [-0.1, -0.05) is 6.92 Å². The molecular formula is C16H25N3O. The fraction of sp³-hybridized carbons (Fsp3) is 0.688. The first-order valence-corrected chi connectivity index (χ1v) is 7.96. The van der Waals surface area contributed by atoms with Crippen molar-refractivity contribution in [1.29, 1.82) is 0 Å². The van der Waals surface area contributed by atoms with Gasteiger partial charge in [0.2, 0.25) is 0 Å². The molecule has 2 heterocycles. The highest BCUT2D eigenvalue weighted by atomic mass is 16.2. The van der Waals surface area contributed by atoms with Crippen molar-refractivity contribution in [2.75, 3.05) is 26.2 Å². The lowest BCUT2D eigenvalue weighted by Crippen LogP contribution is -2.41. The van der Waals surface area contributed by atoms with Crippen LogP contribution < -0.4 is 5.32 Å². The van der Waals surface area contributed by atoms with Crippen molar-refractivity contribution in [2.45, 2.75) is 38.6 Å². The van der Waals surface area contributed by atoms with Crippen molar-refractivity contribution in [3.63, 3.8) is 0 Å². The highest BCUT2D eigenvalue weighted by Gasteiger charge is 2.29. The summed E-state index contributed by atoms with van der Waals surface area (Å²) in [6.07, 6.45) is 6.76.